The van der Waals surface area contributed by atoms with Gasteiger partial charge in [0.15, 0.2) is 5.69 Å². The van der Waals surface area contributed by atoms with E-state index in [9.17, 15) is 9.59 Å². The molecule has 20 heavy (non-hydrogen) atoms. The van der Waals surface area contributed by atoms with Crippen LogP contribution in [0.5, 0.6) is 0 Å². The second-order valence-electron chi connectivity index (χ2n) is 3.92. The standard InChI is InChI=1S/C11H19N5O4/c1-19-6-5-13-9(17)7-16-8(3-4-12)10(14-15-16)11(18)20-2/h3-7,12H2,1-2H3,(H,13,17). The number of hydrogen-bond acceptors (Lipinski definition) is 7. The van der Waals surface area contributed by atoms with Gasteiger partial charge in [-0.05, 0) is 6.54 Å². The van der Waals surface area contributed by atoms with Crippen molar-refractivity contribution in [1.82, 2.24) is 20.3 Å². The van der Waals surface area contributed by atoms with Crippen molar-refractivity contribution in [1.29, 1.82) is 0 Å². The van der Waals surface area contributed by atoms with Crippen molar-refractivity contribution in [3.05, 3.63) is 11.4 Å². The fourth-order valence-corrected chi connectivity index (χ4v) is 1.58. The first-order valence-corrected chi connectivity index (χ1v) is 6.10. The van der Waals surface area contributed by atoms with E-state index < -0.39 is 5.97 Å². The Kier molecular flexibility index (Phi) is 6.60. The van der Waals surface area contributed by atoms with Gasteiger partial charge in [-0.15, -0.1) is 5.10 Å². The summed E-state index contributed by atoms with van der Waals surface area (Å²) in [4.78, 5) is 23.2. The molecule has 0 aliphatic rings. The van der Waals surface area contributed by atoms with Crippen molar-refractivity contribution in [2.24, 2.45) is 5.73 Å². The molecule has 0 bridgehead atoms. The zero-order chi connectivity index (χ0) is 15.0. The van der Waals surface area contributed by atoms with E-state index in [0.29, 0.717) is 31.8 Å². The maximum Gasteiger partial charge on any atom is 0.360 e. The molecule has 0 aliphatic heterocycles. The van der Waals surface area contributed by atoms with E-state index in [1.165, 1.54) is 11.8 Å². The molecular weight excluding hydrogens is 266 g/mol. The minimum absolute atomic E-state index is 0.0386. The molecule has 0 saturated heterocycles. The summed E-state index contributed by atoms with van der Waals surface area (Å²) in [6.45, 7) is 1.10. The Bertz CT molecular complexity index is 460. The van der Waals surface area contributed by atoms with Crippen LogP contribution in [-0.4, -0.2) is 60.8 Å². The molecule has 0 fully saturated rings. The highest BCUT2D eigenvalue weighted by atomic mass is 16.5. The summed E-state index contributed by atoms with van der Waals surface area (Å²) >= 11 is 0. The van der Waals surface area contributed by atoms with Crippen LogP contribution in [0, 0.1) is 0 Å². The Morgan fingerprint density at radius 3 is 2.75 bits per heavy atom. The van der Waals surface area contributed by atoms with Gasteiger partial charge in [0.05, 0.1) is 19.4 Å². The van der Waals surface area contributed by atoms with E-state index in [4.69, 9.17) is 10.5 Å². The zero-order valence-electron chi connectivity index (χ0n) is 11.6. The molecular formula is C11H19N5O4. The van der Waals surface area contributed by atoms with E-state index in [2.05, 4.69) is 20.4 Å². The van der Waals surface area contributed by atoms with Crippen molar-refractivity contribution in [2.75, 3.05) is 33.9 Å². The third-order valence-electron chi connectivity index (χ3n) is 2.52. The third-order valence-corrected chi connectivity index (χ3v) is 2.52. The second kappa shape index (κ2) is 8.23. The smallest absolute Gasteiger partial charge is 0.360 e. The molecule has 0 spiro atoms. The molecule has 112 valence electrons. The molecule has 0 unspecified atom stereocenters. The normalized spacial score (nSPS) is 10.3. The van der Waals surface area contributed by atoms with Gasteiger partial charge in [-0.25, -0.2) is 9.48 Å². The predicted octanol–water partition coefficient (Wildman–Crippen LogP) is -1.67. The molecule has 3 N–H and O–H groups in total. The molecule has 9 heteroatoms. The lowest BCUT2D eigenvalue weighted by Crippen LogP contribution is -2.31. The first kappa shape index (κ1) is 16.1. The second-order valence-corrected chi connectivity index (χ2v) is 3.92. The molecule has 0 radical (unpaired) electrons. The van der Waals surface area contributed by atoms with Crippen molar-refractivity contribution >= 4 is 11.9 Å². The van der Waals surface area contributed by atoms with Gasteiger partial charge >= 0.3 is 5.97 Å². The quantitative estimate of drug-likeness (QED) is 0.432. The maximum atomic E-state index is 11.7. The van der Waals surface area contributed by atoms with Crippen molar-refractivity contribution in [3.63, 3.8) is 0 Å². The number of nitrogens with zero attached hydrogens (tertiary/aromatic N) is 3. The molecule has 1 heterocycles. The number of nitrogens with one attached hydrogen (secondary N) is 1. The first-order valence-electron chi connectivity index (χ1n) is 6.10. The molecule has 0 saturated carbocycles. The molecule has 0 aliphatic carbocycles. The van der Waals surface area contributed by atoms with Gasteiger partial charge in [0.25, 0.3) is 0 Å². The number of rotatable bonds is 8. The third kappa shape index (κ3) is 4.28. The Labute approximate surface area is 116 Å². The van der Waals surface area contributed by atoms with Crippen molar-refractivity contribution in [2.45, 2.75) is 13.0 Å². The Balaban J connectivity index is 2.76. The SMILES string of the molecule is COCCNC(=O)Cn1nnc(C(=O)OC)c1CCN. The van der Waals surface area contributed by atoms with Crippen molar-refractivity contribution in [3.8, 4) is 0 Å². The van der Waals surface area contributed by atoms with E-state index in [1.807, 2.05) is 0 Å². The number of hydrogen-bond donors (Lipinski definition) is 2. The minimum Gasteiger partial charge on any atom is -0.464 e. The van der Waals surface area contributed by atoms with Crippen LogP contribution in [0.25, 0.3) is 0 Å². The first-order chi connectivity index (χ1) is 9.63. The molecule has 0 aromatic carbocycles. The number of ether oxygens (including phenoxy) is 2. The summed E-state index contributed by atoms with van der Waals surface area (Å²) in [5, 5.41) is 10.2. The molecule has 1 amide bonds. The van der Waals surface area contributed by atoms with E-state index in [0.717, 1.165) is 0 Å². The van der Waals surface area contributed by atoms with Crippen LogP contribution in [0.4, 0.5) is 0 Å². The van der Waals surface area contributed by atoms with Crippen LogP contribution in [0.3, 0.4) is 0 Å². The molecule has 9 nitrogen and oxygen atoms in total. The summed E-state index contributed by atoms with van der Waals surface area (Å²) in [5.41, 5.74) is 6.06. The number of methoxy groups -OCH3 is 2. The van der Waals surface area contributed by atoms with Crippen LogP contribution in [0.1, 0.15) is 16.2 Å². The maximum absolute atomic E-state index is 11.7. The lowest BCUT2D eigenvalue weighted by atomic mass is 10.2. The lowest BCUT2D eigenvalue weighted by molar-refractivity contribution is -0.122. The average Bonchev–Trinajstić information content (AvgIpc) is 2.82. The van der Waals surface area contributed by atoms with Crippen LogP contribution < -0.4 is 11.1 Å². The van der Waals surface area contributed by atoms with E-state index in [-0.39, 0.29) is 18.1 Å². The highest BCUT2D eigenvalue weighted by molar-refractivity contribution is 5.88. The van der Waals surface area contributed by atoms with Gasteiger partial charge in [0.1, 0.15) is 6.54 Å². The number of carbonyl (C=O) groups excluding carboxylic acids is 2. The summed E-state index contributed by atoms with van der Waals surface area (Å²) < 4.78 is 10.8. The van der Waals surface area contributed by atoms with Gasteiger partial charge in [-0.2, -0.15) is 0 Å². The van der Waals surface area contributed by atoms with E-state index in [1.54, 1.807) is 7.11 Å². The molecule has 1 aromatic heterocycles. The monoisotopic (exact) mass is 285 g/mol. The highest BCUT2D eigenvalue weighted by Crippen LogP contribution is 2.07. The number of amides is 1. The predicted molar refractivity (Wildman–Crippen MR) is 69.0 cm³/mol. The molecule has 1 aromatic rings. The Hall–Kier alpha value is -2.00. The largest absolute Gasteiger partial charge is 0.464 e. The van der Waals surface area contributed by atoms with Gasteiger partial charge in [0.2, 0.25) is 5.91 Å². The Morgan fingerprint density at radius 1 is 1.40 bits per heavy atom. The summed E-state index contributed by atoms with van der Waals surface area (Å²) in [5.74, 6) is -0.846. The number of aromatic nitrogens is 3. The van der Waals surface area contributed by atoms with E-state index >= 15 is 0 Å². The van der Waals surface area contributed by atoms with Gasteiger partial charge in [-0.1, -0.05) is 5.21 Å². The zero-order valence-corrected chi connectivity index (χ0v) is 11.6. The fourth-order valence-electron chi connectivity index (χ4n) is 1.58. The van der Waals surface area contributed by atoms with Crippen molar-refractivity contribution < 1.29 is 19.1 Å². The summed E-state index contributed by atoms with van der Waals surface area (Å²) in [7, 11) is 2.80. The molecule has 1 rings (SSSR count). The van der Waals surface area contributed by atoms with Crippen LogP contribution >= 0.6 is 0 Å². The fraction of sp³-hybridized carbons (Fsp3) is 0.636. The average molecular weight is 285 g/mol. The van der Waals surface area contributed by atoms with Gasteiger partial charge in [-0.3, -0.25) is 4.79 Å². The number of esters is 1. The Morgan fingerprint density at radius 2 is 2.15 bits per heavy atom. The number of nitrogens with two attached hydrogens (primary N) is 1. The van der Waals surface area contributed by atoms with Crippen LogP contribution in [0.15, 0.2) is 0 Å². The summed E-state index contributed by atoms with van der Waals surface area (Å²) in [6.07, 6.45) is 0.378. The summed E-state index contributed by atoms with van der Waals surface area (Å²) in [6, 6.07) is 0. The lowest BCUT2D eigenvalue weighted by Gasteiger charge is -2.07. The number of carbonyl (C=O) groups is 2. The van der Waals surface area contributed by atoms with Crippen LogP contribution in [0.2, 0.25) is 0 Å². The highest BCUT2D eigenvalue weighted by Gasteiger charge is 2.20. The topological polar surface area (TPSA) is 121 Å². The van der Waals surface area contributed by atoms with Gasteiger partial charge in [0, 0.05) is 20.1 Å². The van der Waals surface area contributed by atoms with Crippen LogP contribution in [-0.2, 0) is 27.2 Å². The van der Waals surface area contributed by atoms with Gasteiger partial charge < -0.3 is 20.5 Å². The molecule has 0 atom stereocenters. The minimum atomic E-state index is -0.598.